The summed E-state index contributed by atoms with van der Waals surface area (Å²) in [4.78, 5) is 18.2. The highest BCUT2D eigenvalue weighted by atomic mass is 79.9. The van der Waals surface area contributed by atoms with Crippen LogP contribution in [0.4, 0.5) is 0 Å². The molecule has 1 heterocycles. The number of carbonyl (C=O) groups excluding carboxylic acids is 1. The second-order valence-corrected chi connectivity index (χ2v) is 6.27. The number of rotatable bonds is 5. The molecule has 1 atom stereocenters. The summed E-state index contributed by atoms with van der Waals surface area (Å²) < 4.78 is 8.30. The fourth-order valence-corrected chi connectivity index (χ4v) is 2.74. The molecule has 0 saturated carbocycles. The van der Waals surface area contributed by atoms with Gasteiger partial charge in [-0.3, -0.25) is 4.79 Å². The minimum absolute atomic E-state index is 0.121. The predicted molar refractivity (Wildman–Crippen MR) is 88.9 cm³/mol. The highest BCUT2D eigenvalue weighted by molar-refractivity contribution is 9.10. The molecule has 0 fully saturated rings. The smallest absolute Gasteiger partial charge is 0.263 e. The van der Waals surface area contributed by atoms with Crippen LogP contribution in [0.15, 0.2) is 35.1 Å². The van der Waals surface area contributed by atoms with E-state index in [-0.39, 0.29) is 5.91 Å². The van der Waals surface area contributed by atoms with Gasteiger partial charge in [0, 0.05) is 31.5 Å². The molecule has 2 aromatic rings. The summed E-state index contributed by atoms with van der Waals surface area (Å²) in [6.45, 7) is 2.15. The van der Waals surface area contributed by atoms with Crippen LogP contribution in [0, 0.1) is 0 Å². The summed E-state index contributed by atoms with van der Waals surface area (Å²) >= 11 is 9.26. The lowest BCUT2D eigenvalue weighted by Gasteiger charge is -2.22. The summed E-state index contributed by atoms with van der Waals surface area (Å²) in [6.07, 6.45) is 2.94. The van der Waals surface area contributed by atoms with Crippen LogP contribution in [0.2, 0.25) is 5.02 Å². The zero-order chi connectivity index (χ0) is 16.3. The number of halogens is 2. The molecule has 0 unspecified atom stereocenters. The Morgan fingerprint density at radius 2 is 2.27 bits per heavy atom. The van der Waals surface area contributed by atoms with Crippen LogP contribution < -0.4 is 4.74 Å². The molecule has 118 valence electrons. The first-order chi connectivity index (χ1) is 10.4. The molecule has 22 heavy (non-hydrogen) atoms. The van der Waals surface area contributed by atoms with Gasteiger partial charge in [-0.25, -0.2) is 4.98 Å². The minimum atomic E-state index is -0.609. The van der Waals surface area contributed by atoms with E-state index in [2.05, 4.69) is 20.9 Å². The first-order valence-corrected chi connectivity index (χ1v) is 7.88. The Bertz CT molecular complexity index is 675. The van der Waals surface area contributed by atoms with Gasteiger partial charge in [0.1, 0.15) is 11.6 Å². The first-order valence-electron chi connectivity index (χ1n) is 6.71. The number of benzene rings is 1. The Balaban J connectivity index is 2.00. The van der Waals surface area contributed by atoms with Gasteiger partial charge in [0.15, 0.2) is 6.10 Å². The van der Waals surface area contributed by atoms with Crippen molar-refractivity contribution in [1.29, 1.82) is 0 Å². The topological polar surface area (TPSA) is 47.4 Å². The second kappa shape index (κ2) is 7.15. The van der Waals surface area contributed by atoms with Gasteiger partial charge in [-0.1, -0.05) is 11.6 Å². The average molecular weight is 387 g/mol. The van der Waals surface area contributed by atoms with Crippen molar-refractivity contribution in [2.24, 2.45) is 7.05 Å². The fraction of sp³-hybridized carbons (Fsp3) is 0.333. The normalized spacial score (nSPS) is 12.0. The number of imidazole rings is 1. The Morgan fingerprint density at radius 1 is 1.55 bits per heavy atom. The first kappa shape index (κ1) is 16.8. The molecule has 0 saturated heterocycles. The van der Waals surface area contributed by atoms with Gasteiger partial charge >= 0.3 is 0 Å². The molecule has 1 aromatic carbocycles. The number of likely N-dealkylation sites (N-methyl/N-ethyl adjacent to an activating group) is 1. The summed E-state index contributed by atoms with van der Waals surface area (Å²) in [6, 6.07) is 5.18. The molecule has 0 aliphatic carbocycles. The molecule has 0 aliphatic rings. The zero-order valence-corrected chi connectivity index (χ0v) is 14.9. The molecule has 1 aromatic heterocycles. The summed E-state index contributed by atoms with van der Waals surface area (Å²) in [7, 11) is 3.62. The van der Waals surface area contributed by atoms with Crippen LogP contribution in [0.1, 0.15) is 12.7 Å². The third-order valence-corrected chi connectivity index (χ3v) is 4.08. The second-order valence-electron chi connectivity index (χ2n) is 4.98. The van der Waals surface area contributed by atoms with Gasteiger partial charge in [-0.05, 0) is 41.1 Å². The van der Waals surface area contributed by atoms with E-state index in [4.69, 9.17) is 16.3 Å². The Kier molecular flexibility index (Phi) is 5.47. The standard InChI is InChI=1S/C15H17BrClN3O2/c1-10(22-13-5-4-11(17)8-12(13)16)15(21)20(3)9-14-18-6-7-19(14)2/h4-8,10H,9H2,1-3H3/t10-/m1/s1. The van der Waals surface area contributed by atoms with Crippen LogP contribution in [0.25, 0.3) is 0 Å². The summed E-state index contributed by atoms with van der Waals surface area (Å²) in [5.41, 5.74) is 0. The van der Waals surface area contributed by atoms with E-state index in [9.17, 15) is 4.79 Å². The lowest BCUT2D eigenvalue weighted by atomic mass is 10.3. The van der Waals surface area contributed by atoms with E-state index in [1.807, 2.05) is 17.8 Å². The quantitative estimate of drug-likeness (QED) is 0.792. The van der Waals surface area contributed by atoms with E-state index in [1.54, 1.807) is 43.3 Å². The SMILES string of the molecule is C[C@@H](Oc1ccc(Cl)cc1Br)C(=O)N(C)Cc1nccn1C. The lowest BCUT2D eigenvalue weighted by Crippen LogP contribution is -2.38. The van der Waals surface area contributed by atoms with E-state index < -0.39 is 6.10 Å². The number of aryl methyl sites for hydroxylation is 1. The highest BCUT2D eigenvalue weighted by Gasteiger charge is 2.21. The van der Waals surface area contributed by atoms with Gasteiger partial charge in [-0.15, -0.1) is 0 Å². The number of hydrogen-bond donors (Lipinski definition) is 0. The van der Waals surface area contributed by atoms with Crippen LogP contribution >= 0.6 is 27.5 Å². The van der Waals surface area contributed by atoms with Crippen molar-refractivity contribution in [3.63, 3.8) is 0 Å². The zero-order valence-electron chi connectivity index (χ0n) is 12.6. The molecule has 2 rings (SSSR count). The van der Waals surface area contributed by atoms with Crippen molar-refractivity contribution in [2.45, 2.75) is 19.6 Å². The maximum Gasteiger partial charge on any atom is 0.263 e. The molecule has 0 N–H and O–H groups in total. The van der Waals surface area contributed by atoms with Gasteiger partial charge in [-0.2, -0.15) is 0 Å². The molecule has 7 heteroatoms. The molecule has 0 aliphatic heterocycles. The number of ether oxygens (including phenoxy) is 1. The van der Waals surface area contributed by atoms with Crippen LogP contribution in [0.3, 0.4) is 0 Å². The average Bonchev–Trinajstić information content (AvgIpc) is 2.86. The van der Waals surface area contributed by atoms with E-state index in [0.717, 1.165) is 5.82 Å². The van der Waals surface area contributed by atoms with Crippen molar-refractivity contribution in [2.75, 3.05) is 7.05 Å². The van der Waals surface area contributed by atoms with E-state index in [0.29, 0.717) is 21.8 Å². The molecule has 0 radical (unpaired) electrons. The molecule has 0 spiro atoms. The maximum atomic E-state index is 12.4. The molecular weight excluding hydrogens is 370 g/mol. The van der Waals surface area contributed by atoms with Crippen molar-refractivity contribution < 1.29 is 9.53 Å². The number of amides is 1. The van der Waals surface area contributed by atoms with E-state index >= 15 is 0 Å². The Morgan fingerprint density at radius 3 is 2.86 bits per heavy atom. The fourth-order valence-electron chi connectivity index (χ4n) is 1.96. The molecule has 1 amide bonds. The summed E-state index contributed by atoms with van der Waals surface area (Å²) in [5.74, 6) is 1.27. The van der Waals surface area contributed by atoms with Crippen molar-refractivity contribution in [3.05, 3.63) is 45.9 Å². The maximum absolute atomic E-state index is 12.4. The van der Waals surface area contributed by atoms with Gasteiger partial charge in [0.2, 0.25) is 0 Å². The molecule has 0 bridgehead atoms. The van der Waals surface area contributed by atoms with Crippen LogP contribution in [0.5, 0.6) is 5.75 Å². The summed E-state index contributed by atoms with van der Waals surface area (Å²) in [5, 5.41) is 0.602. The van der Waals surface area contributed by atoms with Crippen molar-refractivity contribution in [3.8, 4) is 5.75 Å². The molecular formula is C15H17BrClN3O2. The Hall–Kier alpha value is -1.53. The number of aromatic nitrogens is 2. The third kappa shape index (κ3) is 4.01. The van der Waals surface area contributed by atoms with Gasteiger partial charge in [0.05, 0.1) is 11.0 Å². The van der Waals surface area contributed by atoms with Crippen LogP contribution in [-0.4, -0.2) is 33.5 Å². The van der Waals surface area contributed by atoms with Crippen molar-refractivity contribution in [1.82, 2.24) is 14.5 Å². The monoisotopic (exact) mass is 385 g/mol. The van der Waals surface area contributed by atoms with Crippen LogP contribution in [-0.2, 0) is 18.4 Å². The largest absolute Gasteiger partial charge is 0.480 e. The number of hydrogen-bond acceptors (Lipinski definition) is 3. The van der Waals surface area contributed by atoms with Crippen molar-refractivity contribution >= 4 is 33.4 Å². The lowest BCUT2D eigenvalue weighted by molar-refractivity contribution is -0.137. The van der Waals surface area contributed by atoms with E-state index in [1.165, 1.54) is 0 Å². The predicted octanol–water partition coefficient (Wildman–Crippen LogP) is 3.26. The Labute approximate surface area is 143 Å². The number of nitrogens with zero attached hydrogens (tertiary/aromatic N) is 3. The van der Waals surface area contributed by atoms with Gasteiger partial charge in [0.25, 0.3) is 5.91 Å². The molecule has 5 nitrogen and oxygen atoms in total. The third-order valence-electron chi connectivity index (χ3n) is 3.22. The van der Waals surface area contributed by atoms with Gasteiger partial charge < -0.3 is 14.2 Å². The number of carbonyl (C=O) groups is 1. The highest BCUT2D eigenvalue weighted by Crippen LogP contribution is 2.28. The minimum Gasteiger partial charge on any atom is -0.480 e.